The first-order valence-electron chi connectivity index (χ1n) is 3.36. The van der Waals surface area contributed by atoms with Crippen LogP contribution < -0.4 is 11.5 Å². The number of carboxylic acids is 1. The summed E-state index contributed by atoms with van der Waals surface area (Å²) in [6, 6.07) is -0.940. The van der Waals surface area contributed by atoms with Gasteiger partial charge in [-0.3, -0.25) is 4.79 Å². The lowest BCUT2D eigenvalue weighted by Crippen LogP contribution is -2.32. The molecule has 0 aromatic carbocycles. The number of carboxylic acid groups (broad SMARTS) is 1. The summed E-state index contributed by atoms with van der Waals surface area (Å²) in [5.41, 5.74) is 18.4. The molecule has 0 amide bonds. The number of hydrogen-bond acceptors (Lipinski definition) is 4. The SMILES string of the molecule is [N-]=[N+]=NC(N)CCC(N)C(=O)O. The van der Waals surface area contributed by atoms with Crippen molar-refractivity contribution in [2.75, 3.05) is 0 Å². The summed E-state index contributed by atoms with van der Waals surface area (Å²) >= 11 is 0. The lowest BCUT2D eigenvalue weighted by atomic mass is 10.1. The third kappa shape index (κ3) is 4.51. The Balaban J connectivity index is 3.67. The lowest BCUT2D eigenvalue weighted by molar-refractivity contribution is -0.138. The molecule has 0 aliphatic heterocycles. The minimum atomic E-state index is -1.08. The molecule has 0 aliphatic carbocycles. The highest BCUT2D eigenvalue weighted by molar-refractivity contribution is 5.72. The summed E-state index contributed by atoms with van der Waals surface area (Å²) in [4.78, 5) is 12.7. The van der Waals surface area contributed by atoms with Crippen LogP contribution in [0.3, 0.4) is 0 Å². The molecule has 12 heavy (non-hydrogen) atoms. The molecule has 2 atom stereocenters. The van der Waals surface area contributed by atoms with E-state index >= 15 is 0 Å². The Kier molecular flexibility index (Phi) is 4.78. The van der Waals surface area contributed by atoms with Crippen LogP contribution in [0.25, 0.3) is 10.4 Å². The molecule has 0 rings (SSSR count). The van der Waals surface area contributed by atoms with Gasteiger partial charge in [0, 0.05) is 4.91 Å². The summed E-state index contributed by atoms with van der Waals surface area (Å²) < 4.78 is 0. The van der Waals surface area contributed by atoms with Crippen LogP contribution in [0.4, 0.5) is 0 Å². The van der Waals surface area contributed by atoms with Crippen molar-refractivity contribution in [3.05, 3.63) is 10.4 Å². The van der Waals surface area contributed by atoms with Gasteiger partial charge in [0.25, 0.3) is 0 Å². The molecule has 0 saturated heterocycles. The van der Waals surface area contributed by atoms with Crippen LogP contribution in [0.1, 0.15) is 12.8 Å². The van der Waals surface area contributed by atoms with Crippen molar-refractivity contribution in [3.63, 3.8) is 0 Å². The molecular weight excluding hydrogens is 162 g/mol. The number of nitrogens with zero attached hydrogens (tertiary/aromatic N) is 3. The van der Waals surface area contributed by atoms with E-state index in [-0.39, 0.29) is 12.8 Å². The first-order valence-corrected chi connectivity index (χ1v) is 3.36. The summed E-state index contributed by atoms with van der Waals surface area (Å²) in [5, 5.41) is 11.5. The van der Waals surface area contributed by atoms with E-state index < -0.39 is 18.2 Å². The van der Waals surface area contributed by atoms with Gasteiger partial charge in [0.1, 0.15) is 6.04 Å². The van der Waals surface area contributed by atoms with E-state index in [2.05, 4.69) is 10.0 Å². The molecule has 0 spiro atoms. The standard InChI is InChI=1S/C5H11N5O2/c6-3(5(11)12)1-2-4(7)9-10-8/h3-4H,1-2,6-7H2,(H,11,12). The van der Waals surface area contributed by atoms with Gasteiger partial charge >= 0.3 is 5.97 Å². The zero-order valence-electron chi connectivity index (χ0n) is 6.42. The second kappa shape index (κ2) is 5.36. The number of aliphatic carboxylic acids is 1. The molecule has 68 valence electrons. The maximum Gasteiger partial charge on any atom is 0.320 e. The number of nitrogens with two attached hydrogens (primary N) is 2. The van der Waals surface area contributed by atoms with E-state index in [1.807, 2.05) is 0 Å². The van der Waals surface area contributed by atoms with Crippen molar-refractivity contribution in [3.8, 4) is 0 Å². The Morgan fingerprint density at radius 3 is 2.58 bits per heavy atom. The van der Waals surface area contributed by atoms with Gasteiger partial charge < -0.3 is 16.6 Å². The quantitative estimate of drug-likeness (QED) is 0.300. The molecule has 0 heterocycles. The molecule has 0 aromatic heterocycles. The van der Waals surface area contributed by atoms with E-state index in [1.54, 1.807) is 0 Å². The van der Waals surface area contributed by atoms with Crippen molar-refractivity contribution in [2.24, 2.45) is 16.6 Å². The molecule has 0 radical (unpaired) electrons. The van der Waals surface area contributed by atoms with Gasteiger partial charge in [0.05, 0.1) is 6.17 Å². The number of rotatable bonds is 5. The zero-order chi connectivity index (χ0) is 9.56. The van der Waals surface area contributed by atoms with Crippen LogP contribution >= 0.6 is 0 Å². The van der Waals surface area contributed by atoms with Crippen LogP contribution in [0.2, 0.25) is 0 Å². The Labute approximate surface area is 69.0 Å². The normalized spacial score (nSPS) is 14.5. The maximum atomic E-state index is 10.2. The summed E-state index contributed by atoms with van der Waals surface area (Å²) in [7, 11) is 0. The van der Waals surface area contributed by atoms with Crippen molar-refractivity contribution in [2.45, 2.75) is 25.0 Å². The van der Waals surface area contributed by atoms with E-state index in [4.69, 9.17) is 22.1 Å². The molecular formula is C5H11N5O2. The average molecular weight is 173 g/mol. The zero-order valence-corrected chi connectivity index (χ0v) is 6.42. The summed E-state index contributed by atoms with van der Waals surface area (Å²) in [5.74, 6) is -1.08. The molecule has 2 unspecified atom stereocenters. The van der Waals surface area contributed by atoms with Crippen molar-refractivity contribution >= 4 is 5.97 Å². The van der Waals surface area contributed by atoms with Gasteiger partial charge in [-0.2, -0.15) is 0 Å². The van der Waals surface area contributed by atoms with Gasteiger partial charge in [0.15, 0.2) is 0 Å². The number of hydrogen-bond donors (Lipinski definition) is 3. The Morgan fingerprint density at radius 1 is 1.58 bits per heavy atom. The third-order valence-corrected chi connectivity index (χ3v) is 1.29. The topological polar surface area (TPSA) is 138 Å². The van der Waals surface area contributed by atoms with Crippen molar-refractivity contribution in [1.29, 1.82) is 0 Å². The Bertz CT molecular complexity index is 192. The molecule has 0 aliphatic rings. The predicted molar refractivity (Wildman–Crippen MR) is 42.0 cm³/mol. The smallest absolute Gasteiger partial charge is 0.320 e. The van der Waals surface area contributed by atoms with Gasteiger partial charge in [-0.1, -0.05) is 5.11 Å². The van der Waals surface area contributed by atoms with Crippen LogP contribution in [0.15, 0.2) is 5.11 Å². The average Bonchev–Trinajstić information content (AvgIpc) is 2.00. The summed E-state index contributed by atoms with van der Waals surface area (Å²) in [6.07, 6.45) is -0.215. The molecule has 0 bridgehead atoms. The van der Waals surface area contributed by atoms with Crippen LogP contribution in [0, 0.1) is 0 Å². The molecule has 0 fully saturated rings. The Morgan fingerprint density at radius 2 is 2.17 bits per heavy atom. The third-order valence-electron chi connectivity index (χ3n) is 1.29. The van der Waals surface area contributed by atoms with Crippen LogP contribution in [-0.2, 0) is 4.79 Å². The molecule has 7 heteroatoms. The fraction of sp³-hybridized carbons (Fsp3) is 0.800. The molecule has 0 saturated carbocycles. The highest BCUT2D eigenvalue weighted by Crippen LogP contribution is 1.99. The summed E-state index contributed by atoms with van der Waals surface area (Å²) in [6.45, 7) is 0. The minimum absolute atomic E-state index is 0.204. The fourth-order valence-corrected chi connectivity index (χ4v) is 0.598. The van der Waals surface area contributed by atoms with Gasteiger partial charge in [-0.05, 0) is 18.4 Å². The largest absolute Gasteiger partial charge is 0.480 e. The number of azide groups is 1. The van der Waals surface area contributed by atoms with Crippen molar-refractivity contribution < 1.29 is 9.90 Å². The molecule has 5 N–H and O–H groups in total. The second-order valence-electron chi connectivity index (χ2n) is 2.29. The highest BCUT2D eigenvalue weighted by Gasteiger charge is 2.12. The fourth-order valence-electron chi connectivity index (χ4n) is 0.598. The maximum absolute atomic E-state index is 10.2. The van der Waals surface area contributed by atoms with E-state index in [0.29, 0.717) is 0 Å². The van der Waals surface area contributed by atoms with E-state index in [9.17, 15) is 4.79 Å². The number of carbonyl (C=O) groups is 1. The first-order chi connectivity index (χ1) is 5.57. The molecule has 0 aromatic rings. The van der Waals surface area contributed by atoms with E-state index in [0.717, 1.165) is 0 Å². The lowest BCUT2D eigenvalue weighted by Gasteiger charge is -2.07. The van der Waals surface area contributed by atoms with Gasteiger partial charge in [0.2, 0.25) is 0 Å². The molecule has 7 nitrogen and oxygen atoms in total. The van der Waals surface area contributed by atoms with Crippen LogP contribution in [-0.4, -0.2) is 23.3 Å². The second-order valence-corrected chi connectivity index (χ2v) is 2.29. The monoisotopic (exact) mass is 173 g/mol. The highest BCUT2D eigenvalue weighted by atomic mass is 16.4. The minimum Gasteiger partial charge on any atom is -0.480 e. The first kappa shape index (κ1) is 10.7. The van der Waals surface area contributed by atoms with Gasteiger partial charge in [-0.15, -0.1) is 0 Å². The van der Waals surface area contributed by atoms with Gasteiger partial charge in [-0.25, -0.2) is 0 Å². The van der Waals surface area contributed by atoms with Crippen LogP contribution in [0.5, 0.6) is 0 Å². The Hall–Kier alpha value is -1.30. The van der Waals surface area contributed by atoms with Crippen molar-refractivity contribution in [1.82, 2.24) is 0 Å². The predicted octanol–water partition coefficient (Wildman–Crippen LogP) is -0.226. The van der Waals surface area contributed by atoms with E-state index in [1.165, 1.54) is 0 Å².